The predicted molar refractivity (Wildman–Crippen MR) is 94.5 cm³/mol. The summed E-state index contributed by atoms with van der Waals surface area (Å²) in [5, 5.41) is 4.21. The number of imide groups is 1. The van der Waals surface area contributed by atoms with Crippen LogP contribution in [0.2, 0.25) is 10.0 Å². The van der Waals surface area contributed by atoms with Gasteiger partial charge in [-0.2, -0.15) is 13.2 Å². The quantitative estimate of drug-likeness (QED) is 0.613. The number of halogens is 6. The van der Waals surface area contributed by atoms with Gasteiger partial charge >= 0.3 is 12.2 Å². The Morgan fingerprint density at radius 1 is 1.00 bits per heavy atom. The van der Waals surface area contributed by atoms with Crippen molar-refractivity contribution < 1.29 is 27.2 Å². The van der Waals surface area contributed by atoms with Crippen LogP contribution in [0.5, 0.6) is 0 Å². The van der Waals surface area contributed by atoms with E-state index in [0.29, 0.717) is 0 Å². The molecule has 0 heterocycles. The summed E-state index contributed by atoms with van der Waals surface area (Å²) in [6.07, 6.45) is -4.97. The van der Waals surface area contributed by atoms with Crippen molar-refractivity contribution in [3.63, 3.8) is 0 Å². The highest BCUT2D eigenvalue weighted by Gasteiger charge is 2.34. The molecule has 0 saturated heterocycles. The number of alkyl halides is 3. The first-order valence-electron chi connectivity index (χ1n) is 7.18. The summed E-state index contributed by atoms with van der Waals surface area (Å²) in [4.78, 5) is 23.9. The second-order valence-corrected chi connectivity index (χ2v) is 5.93. The highest BCUT2D eigenvalue weighted by atomic mass is 35.5. The number of benzene rings is 2. The molecule has 27 heavy (non-hydrogen) atoms. The first kappa shape index (κ1) is 20.7. The van der Waals surface area contributed by atoms with Gasteiger partial charge < -0.3 is 5.32 Å². The van der Waals surface area contributed by atoms with Gasteiger partial charge in [0.15, 0.2) is 0 Å². The van der Waals surface area contributed by atoms with Gasteiger partial charge in [-0.15, -0.1) is 0 Å². The Balaban J connectivity index is 2.13. The fourth-order valence-electron chi connectivity index (χ4n) is 1.93. The zero-order valence-electron chi connectivity index (χ0n) is 13.2. The normalized spacial score (nSPS) is 11.9. The second-order valence-electron chi connectivity index (χ2n) is 5.11. The fourth-order valence-corrected chi connectivity index (χ4v) is 2.32. The smallest absolute Gasteiger partial charge is 0.308 e. The molecule has 2 N–H and O–H groups in total. The molecule has 0 saturated carbocycles. The van der Waals surface area contributed by atoms with E-state index >= 15 is 0 Å². The molecular weight excluding hydrogens is 411 g/mol. The first-order chi connectivity index (χ1) is 12.6. The molecule has 0 radical (unpaired) electrons. The summed E-state index contributed by atoms with van der Waals surface area (Å²) in [5.74, 6) is -3.13. The van der Waals surface area contributed by atoms with Crippen molar-refractivity contribution in [1.82, 2.24) is 5.32 Å². The van der Waals surface area contributed by atoms with E-state index in [4.69, 9.17) is 23.2 Å². The standard InChI is InChI=1S/C17H10Cl2F4N2O2/c18-12-6-5-10(7-9(12)8-14(20)17(21,22)23)24-16(27)25-15(26)11-3-1-2-4-13(11)19/h1-8H,(H2,24,25,26,27)/b14-8-. The van der Waals surface area contributed by atoms with E-state index in [1.807, 2.05) is 5.32 Å². The maximum atomic E-state index is 13.1. The van der Waals surface area contributed by atoms with Crippen LogP contribution in [-0.2, 0) is 0 Å². The predicted octanol–water partition coefficient (Wildman–Crippen LogP) is 5.83. The average molecular weight is 421 g/mol. The van der Waals surface area contributed by atoms with Crippen molar-refractivity contribution >= 4 is 46.9 Å². The van der Waals surface area contributed by atoms with Crippen LogP contribution in [0.1, 0.15) is 15.9 Å². The van der Waals surface area contributed by atoms with Gasteiger partial charge in [0.2, 0.25) is 5.83 Å². The maximum absolute atomic E-state index is 13.1. The van der Waals surface area contributed by atoms with Crippen molar-refractivity contribution in [3.05, 3.63) is 69.5 Å². The number of hydrogen-bond acceptors (Lipinski definition) is 2. The van der Waals surface area contributed by atoms with Gasteiger partial charge in [0.25, 0.3) is 5.91 Å². The summed E-state index contributed by atoms with van der Waals surface area (Å²) < 4.78 is 50.0. The highest BCUT2D eigenvalue weighted by Crippen LogP contribution is 2.31. The Kier molecular flexibility index (Phi) is 6.45. The van der Waals surface area contributed by atoms with Crippen LogP contribution in [0.4, 0.5) is 28.0 Å². The number of urea groups is 1. The summed E-state index contributed by atoms with van der Waals surface area (Å²) in [7, 11) is 0. The van der Waals surface area contributed by atoms with Crippen LogP contribution in [-0.4, -0.2) is 18.1 Å². The Hall–Kier alpha value is -2.58. The minimum absolute atomic E-state index is 0.00918. The molecule has 4 nitrogen and oxygen atoms in total. The van der Waals surface area contributed by atoms with E-state index in [2.05, 4.69) is 5.32 Å². The van der Waals surface area contributed by atoms with Crippen LogP contribution in [0.15, 0.2) is 48.3 Å². The van der Waals surface area contributed by atoms with Crippen molar-refractivity contribution in [2.24, 2.45) is 0 Å². The van der Waals surface area contributed by atoms with Crippen molar-refractivity contribution in [2.45, 2.75) is 6.18 Å². The van der Waals surface area contributed by atoms with Crippen LogP contribution in [0.25, 0.3) is 6.08 Å². The largest absolute Gasteiger partial charge is 0.442 e. The third-order valence-electron chi connectivity index (χ3n) is 3.15. The van der Waals surface area contributed by atoms with E-state index in [0.717, 1.165) is 6.07 Å². The van der Waals surface area contributed by atoms with Gasteiger partial charge in [0, 0.05) is 10.7 Å². The highest BCUT2D eigenvalue weighted by molar-refractivity contribution is 6.34. The van der Waals surface area contributed by atoms with Gasteiger partial charge in [-0.3, -0.25) is 10.1 Å². The zero-order valence-corrected chi connectivity index (χ0v) is 14.7. The molecule has 2 aromatic carbocycles. The SMILES string of the molecule is O=C(NC(=O)c1ccccc1Cl)Nc1ccc(Cl)c(/C=C(\F)C(F)(F)F)c1. The van der Waals surface area contributed by atoms with E-state index in [1.165, 1.54) is 24.3 Å². The van der Waals surface area contributed by atoms with E-state index in [9.17, 15) is 27.2 Å². The van der Waals surface area contributed by atoms with Gasteiger partial charge in [-0.1, -0.05) is 35.3 Å². The minimum atomic E-state index is -5.16. The molecule has 0 aliphatic carbocycles. The molecule has 0 aromatic heterocycles. The molecular formula is C17H10Cl2F4N2O2. The number of carbonyl (C=O) groups excluding carboxylic acids is 2. The zero-order chi connectivity index (χ0) is 20.2. The monoisotopic (exact) mass is 420 g/mol. The number of nitrogens with one attached hydrogen (secondary N) is 2. The molecule has 0 atom stereocenters. The van der Waals surface area contributed by atoms with E-state index in [-0.39, 0.29) is 32.9 Å². The number of allylic oxidation sites excluding steroid dienone is 1. The van der Waals surface area contributed by atoms with Crippen molar-refractivity contribution in [2.75, 3.05) is 5.32 Å². The molecule has 3 amide bonds. The lowest BCUT2D eigenvalue weighted by molar-refractivity contribution is -0.107. The lowest BCUT2D eigenvalue weighted by atomic mass is 10.1. The lowest BCUT2D eigenvalue weighted by Gasteiger charge is -2.09. The van der Waals surface area contributed by atoms with Gasteiger partial charge in [-0.05, 0) is 42.0 Å². The van der Waals surface area contributed by atoms with Crippen LogP contribution in [0, 0.1) is 0 Å². The lowest BCUT2D eigenvalue weighted by Crippen LogP contribution is -2.34. The summed E-state index contributed by atoms with van der Waals surface area (Å²) in [6, 6.07) is 8.50. The Morgan fingerprint density at radius 3 is 2.30 bits per heavy atom. The molecule has 10 heteroatoms. The number of hydrogen-bond donors (Lipinski definition) is 2. The number of anilines is 1. The second kappa shape index (κ2) is 8.41. The molecule has 2 aromatic rings. The Morgan fingerprint density at radius 2 is 1.67 bits per heavy atom. The molecule has 0 aliphatic rings. The van der Waals surface area contributed by atoms with Crippen molar-refractivity contribution in [3.8, 4) is 0 Å². The molecule has 0 bridgehead atoms. The number of carbonyl (C=O) groups is 2. The molecule has 0 aliphatic heterocycles. The van der Waals surface area contributed by atoms with Gasteiger partial charge in [-0.25, -0.2) is 9.18 Å². The van der Waals surface area contributed by atoms with Gasteiger partial charge in [0.05, 0.1) is 10.6 Å². The van der Waals surface area contributed by atoms with E-state index < -0.39 is 23.9 Å². The van der Waals surface area contributed by atoms with Crippen LogP contribution >= 0.6 is 23.2 Å². The van der Waals surface area contributed by atoms with E-state index in [1.54, 1.807) is 12.1 Å². The Bertz CT molecular complexity index is 914. The summed E-state index contributed by atoms with van der Waals surface area (Å²) >= 11 is 11.6. The number of rotatable bonds is 3. The number of amides is 3. The Labute approximate surface area is 160 Å². The molecule has 142 valence electrons. The summed E-state index contributed by atoms with van der Waals surface area (Å²) in [6.45, 7) is 0. The fraction of sp³-hybridized carbons (Fsp3) is 0.0588. The topological polar surface area (TPSA) is 58.2 Å². The van der Waals surface area contributed by atoms with Crippen molar-refractivity contribution in [1.29, 1.82) is 0 Å². The maximum Gasteiger partial charge on any atom is 0.442 e. The van der Waals surface area contributed by atoms with Gasteiger partial charge in [0.1, 0.15) is 0 Å². The third-order valence-corrected chi connectivity index (χ3v) is 3.83. The molecule has 2 rings (SSSR count). The first-order valence-corrected chi connectivity index (χ1v) is 7.94. The molecule has 0 unspecified atom stereocenters. The van der Waals surface area contributed by atoms with Crippen LogP contribution < -0.4 is 10.6 Å². The minimum Gasteiger partial charge on any atom is -0.308 e. The molecule has 0 spiro atoms. The van der Waals surface area contributed by atoms with Crippen LogP contribution in [0.3, 0.4) is 0 Å². The molecule has 0 fully saturated rings. The summed E-state index contributed by atoms with van der Waals surface area (Å²) in [5.41, 5.74) is -0.256. The third kappa shape index (κ3) is 5.70. The average Bonchev–Trinajstić information content (AvgIpc) is 2.57.